The Hall–Kier alpha value is -2.68. The summed E-state index contributed by atoms with van der Waals surface area (Å²) < 4.78 is 0. The van der Waals surface area contributed by atoms with E-state index < -0.39 is 5.66 Å². The second-order valence-corrected chi connectivity index (χ2v) is 6.26. The highest BCUT2D eigenvalue weighted by Gasteiger charge is 2.39. The molecule has 1 aliphatic heterocycles. The van der Waals surface area contributed by atoms with Crippen molar-refractivity contribution in [1.82, 2.24) is 5.32 Å². The molecule has 1 heterocycles. The number of benzene rings is 1. The SMILES string of the molecule is C#CCCC1(CCC(=O)Nc2cccc(C(=O)NC3CC3)c2)N=N1. The Morgan fingerprint density at radius 2 is 2.08 bits per heavy atom. The van der Waals surface area contributed by atoms with Crippen LogP contribution in [0.25, 0.3) is 0 Å². The molecular formula is C18H20N4O2. The van der Waals surface area contributed by atoms with Crippen LogP contribution in [0.5, 0.6) is 0 Å². The fraction of sp³-hybridized carbons (Fsp3) is 0.444. The van der Waals surface area contributed by atoms with Crippen molar-refractivity contribution in [3.05, 3.63) is 29.8 Å². The molecule has 1 aromatic rings. The van der Waals surface area contributed by atoms with E-state index in [2.05, 4.69) is 26.8 Å². The summed E-state index contributed by atoms with van der Waals surface area (Å²) in [6.07, 6.45) is 9.50. The van der Waals surface area contributed by atoms with Gasteiger partial charge in [-0.2, -0.15) is 10.2 Å². The van der Waals surface area contributed by atoms with Crippen molar-refractivity contribution in [3.63, 3.8) is 0 Å². The smallest absolute Gasteiger partial charge is 0.251 e. The highest BCUT2D eigenvalue weighted by molar-refractivity contribution is 5.97. The van der Waals surface area contributed by atoms with Crippen molar-refractivity contribution in [1.29, 1.82) is 0 Å². The van der Waals surface area contributed by atoms with Gasteiger partial charge in [0.25, 0.3) is 5.91 Å². The number of amides is 2. The van der Waals surface area contributed by atoms with E-state index in [1.165, 1.54) is 0 Å². The van der Waals surface area contributed by atoms with Gasteiger partial charge in [0.1, 0.15) is 0 Å². The second kappa shape index (κ2) is 6.83. The molecule has 24 heavy (non-hydrogen) atoms. The van der Waals surface area contributed by atoms with Gasteiger partial charge in [0.2, 0.25) is 5.91 Å². The molecule has 0 aromatic heterocycles. The first kappa shape index (κ1) is 16.2. The first-order valence-electron chi connectivity index (χ1n) is 8.18. The van der Waals surface area contributed by atoms with E-state index in [4.69, 9.17) is 6.42 Å². The number of carbonyl (C=O) groups is 2. The summed E-state index contributed by atoms with van der Waals surface area (Å²) >= 11 is 0. The zero-order valence-electron chi connectivity index (χ0n) is 13.4. The average Bonchev–Trinajstić information content (AvgIpc) is 3.49. The van der Waals surface area contributed by atoms with Crippen molar-refractivity contribution < 1.29 is 9.59 Å². The van der Waals surface area contributed by atoms with Crippen LogP contribution in [0.4, 0.5) is 5.69 Å². The Balaban J connectivity index is 1.49. The molecule has 1 fully saturated rings. The van der Waals surface area contributed by atoms with Crippen LogP contribution in [-0.2, 0) is 4.79 Å². The third-order valence-electron chi connectivity index (χ3n) is 4.13. The van der Waals surface area contributed by atoms with E-state index in [-0.39, 0.29) is 11.8 Å². The fourth-order valence-electron chi connectivity index (χ4n) is 2.44. The van der Waals surface area contributed by atoms with Crippen LogP contribution in [0.15, 0.2) is 34.5 Å². The van der Waals surface area contributed by atoms with Crippen LogP contribution in [0.3, 0.4) is 0 Å². The predicted molar refractivity (Wildman–Crippen MR) is 90.4 cm³/mol. The highest BCUT2D eigenvalue weighted by atomic mass is 16.2. The standard InChI is InChI=1S/C18H20N4O2/c1-2-3-10-18(21-22-18)11-9-16(23)19-15-6-4-5-13(12-15)17(24)20-14-7-8-14/h1,4-6,12,14H,3,7-11H2,(H,19,23)(H,20,24). The van der Waals surface area contributed by atoms with Gasteiger partial charge in [0.15, 0.2) is 5.66 Å². The zero-order chi connectivity index (χ0) is 17.0. The number of hydrogen-bond donors (Lipinski definition) is 2. The minimum Gasteiger partial charge on any atom is -0.349 e. The van der Waals surface area contributed by atoms with E-state index in [1.54, 1.807) is 24.3 Å². The Morgan fingerprint density at radius 3 is 2.75 bits per heavy atom. The predicted octanol–water partition coefficient (Wildman–Crippen LogP) is 2.87. The minimum absolute atomic E-state index is 0.0996. The normalized spacial score (nSPS) is 17.0. The summed E-state index contributed by atoms with van der Waals surface area (Å²) in [7, 11) is 0. The Kier molecular flexibility index (Phi) is 4.61. The number of nitrogens with one attached hydrogen (secondary N) is 2. The molecule has 1 aromatic carbocycles. The summed E-state index contributed by atoms with van der Waals surface area (Å²) in [5.74, 6) is 2.35. The maximum absolute atomic E-state index is 12.1. The monoisotopic (exact) mass is 324 g/mol. The molecule has 0 radical (unpaired) electrons. The van der Waals surface area contributed by atoms with Crippen molar-refractivity contribution >= 4 is 17.5 Å². The maximum Gasteiger partial charge on any atom is 0.251 e. The Morgan fingerprint density at radius 1 is 1.29 bits per heavy atom. The number of hydrogen-bond acceptors (Lipinski definition) is 4. The van der Waals surface area contributed by atoms with Crippen LogP contribution < -0.4 is 10.6 Å². The first-order chi connectivity index (χ1) is 11.6. The van der Waals surface area contributed by atoms with E-state index in [1.807, 2.05) is 0 Å². The summed E-state index contributed by atoms with van der Waals surface area (Å²) in [6.45, 7) is 0. The lowest BCUT2D eigenvalue weighted by Crippen LogP contribution is -2.25. The molecule has 1 saturated carbocycles. The van der Waals surface area contributed by atoms with Gasteiger partial charge in [0.05, 0.1) is 0 Å². The average molecular weight is 324 g/mol. The summed E-state index contributed by atoms with van der Waals surface area (Å²) in [4.78, 5) is 24.1. The van der Waals surface area contributed by atoms with Gasteiger partial charge in [0, 0.05) is 43.0 Å². The van der Waals surface area contributed by atoms with Gasteiger partial charge in [-0.3, -0.25) is 9.59 Å². The largest absolute Gasteiger partial charge is 0.349 e. The lowest BCUT2D eigenvalue weighted by molar-refractivity contribution is -0.116. The van der Waals surface area contributed by atoms with Crippen LogP contribution in [0.2, 0.25) is 0 Å². The van der Waals surface area contributed by atoms with E-state index in [9.17, 15) is 9.59 Å². The van der Waals surface area contributed by atoms with Gasteiger partial charge < -0.3 is 10.6 Å². The summed E-state index contributed by atoms with van der Waals surface area (Å²) in [5.41, 5.74) is 0.721. The van der Waals surface area contributed by atoms with Crippen LogP contribution in [0, 0.1) is 12.3 Å². The number of nitrogens with zero attached hydrogens (tertiary/aromatic N) is 2. The zero-order valence-corrected chi connectivity index (χ0v) is 13.4. The molecule has 3 rings (SSSR count). The van der Waals surface area contributed by atoms with Gasteiger partial charge in [-0.1, -0.05) is 6.07 Å². The molecule has 2 amide bonds. The van der Waals surface area contributed by atoms with Crippen LogP contribution in [-0.4, -0.2) is 23.5 Å². The lowest BCUT2D eigenvalue weighted by atomic mass is 10.0. The van der Waals surface area contributed by atoms with Crippen molar-refractivity contribution in [2.24, 2.45) is 10.2 Å². The molecule has 2 aliphatic rings. The van der Waals surface area contributed by atoms with E-state index in [0.29, 0.717) is 43.0 Å². The number of carbonyl (C=O) groups excluding carboxylic acids is 2. The number of rotatable bonds is 8. The highest BCUT2D eigenvalue weighted by Crippen LogP contribution is 2.37. The quantitative estimate of drug-likeness (QED) is 0.721. The summed E-state index contributed by atoms with van der Waals surface area (Å²) in [6, 6.07) is 7.27. The van der Waals surface area contributed by atoms with Gasteiger partial charge >= 0.3 is 0 Å². The molecule has 124 valence electrons. The molecule has 0 bridgehead atoms. The molecule has 6 heteroatoms. The van der Waals surface area contributed by atoms with Gasteiger partial charge in [-0.05, 0) is 31.0 Å². The van der Waals surface area contributed by atoms with Gasteiger partial charge in [-0.25, -0.2) is 0 Å². The molecule has 2 N–H and O–H groups in total. The maximum atomic E-state index is 12.1. The Bertz CT molecular complexity index is 710. The second-order valence-electron chi connectivity index (χ2n) is 6.26. The number of terminal acetylenes is 1. The molecule has 0 atom stereocenters. The van der Waals surface area contributed by atoms with Gasteiger partial charge in [-0.15, -0.1) is 12.3 Å². The van der Waals surface area contributed by atoms with Crippen LogP contribution in [0.1, 0.15) is 48.9 Å². The summed E-state index contributed by atoms with van der Waals surface area (Å²) in [5, 5.41) is 13.8. The van der Waals surface area contributed by atoms with E-state index in [0.717, 1.165) is 12.8 Å². The third kappa shape index (κ3) is 4.42. The molecule has 0 saturated heterocycles. The van der Waals surface area contributed by atoms with Crippen molar-refractivity contribution in [3.8, 4) is 12.3 Å². The first-order valence-corrected chi connectivity index (χ1v) is 8.18. The third-order valence-corrected chi connectivity index (χ3v) is 4.13. The van der Waals surface area contributed by atoms with E-state index >= 15 is 0 Å². The molecule has 1 aliphatic carbocycles. The molecular weight excluding hydrogens is 304 g/mol. The van der Waals surface area contributed by atoms with Crippen molar-refractivity contribution in [2.45, 2.75) is 50.2 Å². The number of anilines is 1. The minimum atomic E-state index is -0.449. The fourth-order valence-corrected chi connectivity index (χ4v) is 2.44. The molecule has 0 spiro atoms. The lowest BCUT2D eigenvalue weighted by Gasteiger charge is -2.10. The molecule has 6 nitrogen and oxygen atoms in total. The Labute approximate surface area is 141 Å². The van der Waals surface area contributed by atoms with Crippen molar-refractivity contribution in [2.75, 3.05) is 5.32 Å². The molecule has 0 unspecified atom stereocenters. The van der Waals surface area contributed by atoms with Crippen LogP contribution >= 0.6 is 0 Å². The topological polar surface area (TPSA) is 82.9 Å².